The molecule has 0 spiro atoms. The highest BCUT2D eigenvalue weighted by atomic mass is 16.1. The number of rotatable bonds is 6. The summed E-state index contributed by atoms with van der Waals surface area (Å²) in [5.41, 5.74) is 4.51. The predicted molar refractivity (Wildman–Crippen MR) is 107 cm³/mol. The first kappa shape index (κ1) is 17.2. The van der Waals surface area contributed by atoms with Crippen molar-refractivity contribution in [3.63, 3.8) is 0 Å². The number of H-pyrrole nitrogens is 1. The topological polar surface area (TPSA) is 61.0 Å². The number of aromatic nitrogens is 2. The molecule has 2 heterocycles. The Morgan fingerprint density at radius 2 is 1.81 bits per heavy atom. The molecule has 2 aromatic carbocycles. The molecule has 4 rings (SSSR count). The van der Waals surface area contributed by atoms with E-state index in [2.05, 4.69) is 44.7 Å². The van der Waals surface area contributed by atoms with Gasteiger partial charge in [-0.2, -0.15) is 5.10 Å². The Morgan fingerprint density at radius 1 is 1.07 bits per heavy atom. The summed E-state index contributed by atoms with van der Waals surface area (Å²) in [6.45, 7) is 2.62. The summed E-state index contributed by atoms with van der Waals surface area (Å²) < 4.78 is 0. The first-order valence-corrected chi connectivity index (χ1v) is 9.14. The van der Waals surface area contributed by atoms with E-state index in [0.717, 1.165) is 42.9 Å². The summed E-state index contributed by atoms with van der Waals surface area (Å²) >= 11 is 0. The number of nitrogens with one attached hydrogen (secondary N) is 2. The molecular formula is C22H22N4O. The third kappa shape index (κ3) is 4.33. The van der Waals surface area contributed by atoms with Crippen LogP contribution in [0.4, 0.5) is 5.82 Å². The van der Waals surface area contributed by atoms with Crippen molar-refractivity contribution in [1.29, 1.82) is 0 Å². The number of aromatic amines is 1. The van der Waals surface area contributed by atoms with Crippen LogP contribution in [0.5, 0.6) is 0 Å². The fraction of sp³-hybridized carbons (Fsp3) is 0.182. The van der Waals surface area contributed by atoms with E-state index in [4.69, 9.17) is 0 Å². The highest BCUT2D eigenvalue weighted by Crippen LogP contribution is 2.27. The lowest BCUT2D eigenvalue weighted by molar-refractivity contribution is -0.111. The summed E-state index contributed by atoms with van der Waals surface area (Å²) in [5, 5.41) is 10.2. The van der Waals surface area contributed by atoms with Gasteiger partial charge in [0.1, 0.15) is 0 Å². The van der Waals surface area contributed by atoms with Gasteiger partial charge in [-0.25, -0.2) is 0 Å². The van der Waals surface area contributed by atoms with Gasteiger partial charge in [-0.3, -0.25) is 14.8 Å². The number of anilines is 1. The predicted octanol–water partition coefficient (Wildman–Crippen LogP) is 3.62. The summed E-state index contributed by atoms with van der Waals surface area (Å²) in [6, 6.07) is 20.3. The molecule has 0 atom stereocenters. The molecule has 0 bridgehead atoms. The second-order valence-corrected chi connectivity index (χ2v) is 6.71. The van der Waals surface area contributed by atoms with Crippen molar-refractivity contribution >= 4 is 17.8 Å². The zero-order chi connectivity index (χ0) is 18.5. The van der Waals surface area contributed by atoms with Crippen molar-refractivity contribution in [3.05, 3.63) is 89.1 Å². The molecule has 5 nitrogen and oxygen atoms in total. The molecule has 0 saturated heterocycles. The molecule has 1 aromatic heterocycles. The molecule has 0 radical (unpaired) electrons. The first-order valence-electron chi connectivity index (χ1n) is 9.14. The Bertz CT molecular complexity index is 931. The van der Waals surface area contributed by atoms with Gasteiger partial charge in [0.25, 0.3) is 0 Å². The van der Waals surface area contributed by atoms with Crippen LogP contribution < -0.4 is 5.32 Å². The highest BCUT2D eigenvalue weighted by molar-refractivity contribution is 6.01. The van der Waals surface area contributed by atoms with Crippen LogP contribution in [0.25, 0.3) is 6.08 Å². The average Bonchev–Trinajstić information content (AvgIpc) is 3.28. The third-order valence-corrected chi connectivity index (χ3v) is 4.74. The molecule has 3 aromatic rings. The minimum atomic E-state index is -0.170. The quantitative estimate of drug-likeness (QED) is 0.662. The van der Waals surface area contributed by atoms with Gasteiger partial charge in [0.15, 0.2) is 5.82 Å². The smallest absolute Gasteiger partial charge is 0.249 e. The highest BCUT2D eigenvalue weighted by Gasteiger charge is 2.25. The fourth-order valence-corrected chi connectivity index (χ4v) is 3.29. The zero-order valence-electron chi connectivity index (χ0n) is 15.1. The van der Waals surface area contributed by atoms with Crippen LogP contribution in [0.2, 0.25) is 0 Å². The zero-order valence-corrected chi connectivity index (χ0v) is 15.1. The van der Waals surface area contributed by atoms with E-state index in [1.54, 1.807) is 12.2 Å². The van der Waals surface area contributed by atoms with Gasteiger partial charge in [-0.05, 0) is 23.6 Å². The number of nitrogens with zero attached hydrogens (tertiary/aromatic N) is 2. The van der Waals surface area contributed by atoms with Gasteiger partial charge in [0.2, 0.25) is 5.91 Å². The molecule has 0 unspecified atom stereocenters. The molecular weight excluding hydrogens is 336 g/mol. The standard InChI is InChI=1S/C22H22N4O/c27-21(12-11-17-7-3-1-4-8-17)23-22-19-15-26(16-20(19)24-25-22)14-13-18-9-5-2-6-10-18/h1-12H,13-16H2,(H2,23,24,25,27)/b12-11+. The van der Waals surface area contributed by atoms with Gasteiger partial charge in [0.05, 0.1) is 5.69 Å². The van der Waals surface area contributed by atoms with Crippen LogP contribution in [0.15, 0.2) is 66.7 Å². The Morgan fingerprint density at radius 3 is 2.59 bits per heavy atom. The first-order chi connectivity index (χ1) is 13.3. The second-order valence-electron chi connectivity index (χ2n) is 6.71. The maximum absolute atomic E-state index is 12.2. The lowest BCUT2D eigenvalue weighted by atomic mass is 10.1. The normalized spacial score (nSPS) is 13.8. The van der Waals surface area contributed by atoms with E-state index in [1.807, 2.05) is 36.4 Å². The number of fused-ring (bicyclic) bond motifs is 1. The van der Waals surface area contributed by atoms with Gasteiger partial charge in [0, 0.05) is 31.3 Å². The van der Waals surface area contributed by atoms with E-state index in [1.165, 1.54) is 5.56 Å². The third-order valence-electron chi connectivity index (χ3n) is 4.74. The number of hydrogen-bond acceptors (Lipinski definition) is 3. The monoisotopic (exact) mass is 358 g/mol. The molecule has 0 saturated carbocycles. The Labute approximate surface area is 158 Å². The summed E-state index contributed by atoms with van der Waals surface area (Å²) in [6.07, 6.45) is 4.35. The average molecular weight is 358 g/mol. The Hall–Kier alpha value is -3.18. The number of carbonyl (C=O) groups excluding carboxylic acids is 1. The van der Waals surface area contributed by atoms with Crippen LogP contribution in [-0.4, -0.2) is 27.5 Å². The van der Waals surface area contributed by atoms with Crippen LogP contribution in [0.1, 0.15) is 22.4 Å². The summed E-state index contributed by atoms with van der Waals surface area (Å²) in [4.78, 5) is 14.6. The van der Waals surface area contributed by atoms with Crippen molar-refractivity contribution in [3.8, 4) is 0 Å². The maximum Gasteiger partial charge on any atom is 0.249 e. The van der Waals surface area contributed by atoms with Crippen molar-refractivity contribution < 1.29 is 4.79 Å². The van der Waals surface area contributed by atoms with E-state index < -0.39 is 0 Å². The fourth-order valence-electron chi connectivity index (χ4n) is 3.29. The van der Waals surface area contributed by atoms with Crippen LogP contribution in [0.3, 0.4) is 0 Å². The molecule has 1 aliphatic rings. The molecule has 0 aliphatic carbocycles. The van der Waals surface area contributed by atoms with Gasteiger partial charge >= 0.3 is 0 Å². The van der Waals surface area contributed by atoms with Crippen molar-refractivity contribution in [2.75, 3.05) is 11.9 Å². The molecule has 27 heavy (non-hydrogen) atoms. The van der Waals surface area contributed by atoms with E-state index in [0.29, 0.717) is 5.82 Å². The maximum atomic E-state index is 12.2. The molecule has 136 valence electrons. The Balaban J connectivity index is 1.33. The minimum absolute atomic E-state index is 0.170. The molecule has 5 heteroatoms. The van der Waals surface area contributed by atoms with E-state index >= 15 is 0 Å². The summed E-state index contributed by atoms with van der Waals surface area (Å²) in [7, 11) is 0. The van der Waals surface area contributed by atoms with Gasteiger partial charge in [-0.15, -0.1) is 0 Å². The second kappa shape index (κ2) is 8.01. The molecule has 1 aliphatic heterocycles. The van der Waals surface area contributed by atoms with Gasteiger partial charge in [-0.1, -0.05) is 60.7 Å². The van der Waals surface area contributed by atoms with Crippen LogP contribution >= 0.6 is 0 Å². The largest absolute Gasteiger partial charge is 0.305 e. The Kier molecular flexibility index (Phi) is 5.12. The number of benzene rings is 2. The van der Waals surface area contributed by atoms with Crippen molar-refractivity contribution in [1.82, 2.24) is 15.1 Å². The summed E-state index contributed by atoms with van der Waals surface area (Å²) in [5.74, 6) is 0.464. The number of carbonyl (C=O) groups is 1. The number of amides is 1. The molecule has 1 amide bonds. The lowest BCUT2D eigenvalue weighted by Crippen LogP contribution is -2.20. The van der Waals surface area contributed by atoms with Crippen LogP contribution in [-0.2, 0) is 24.3 Å². The van der Waals surface area contributed by atoms with Crippen LogP contribution in [0, 0.1) is 0 Å². The van der Waals surface area contributed by atoms with E-state index in [9.17, 15) is 4.79 Å². The molecule has 2 N–H and O–H groups in total. The number of hydrogen-bond donors (Lipinski definition) is 2. The van der Waals surface area contributed by atoms with Crippen molar-refractivity contribution in [2.45, 2.75) is 19.5 Å². The minimum Gasteiger partial charge on any atom is -0.305 e. The lowest BCUT2D eigenvalue weighted by Gasteiger charge is -2.15. The van der Waals surface area contributed by atoms with Crippen molar-refractivity contribution in [2.24, 2.45) is 0 Å². The van der Waals surface area contributed by atoms with E-state index in [-0.39, 0.29) is 5.91 Å². The SMILES string of the molecule is O=C(/C=C/c1ccccc1)Nc1n[nH]c2c1CN(CCc1ccccc1)C2. The van der Waals surface area contributed by atoms with Gasteiger partial charge < -0.3 is 5.32 Å². The molecule has 0 fully saturated rings.